The molecule has 1 saturated heterocycles. The summed E-state index contributed by atoms with van der Waals surface area (Å²) in [7, 11) is 0. The lowest BCUT2D eigenvalue weighted by Gasteiger charge is -2.14. The first kappa shape index (κ1) is 17.8. The van der Waals surface area contributed by atoms with Crippen molar-refractivity contribution in [3.8, 4) is 0 Å². The average Bonchev–Trinajstić information content (AvgIpc) is 2.89. The zero-order chi connectivity index (χ0) is 18.7. The Balaban J connectivity index is 1.50. The van der Waals surface area contributed by atoms with Crippen LogP contribution in [0.15, 0.2) is 36.4 Å². The van der Waals surface area contributed by atoms with Gasteiger partial charge in [-0.3, -0.25) is 29.4 Å². The summed E-state index contributed by atoms with van der Waals surface area (Å²) < 4.78 is 5.09. The number of likely N-dealkylation sites (tertiary alicyclic amines) is 1. The molecule has 2 aliphatic rings. The van der Waals surface area contributed by atoms with E-state index in [-0.39, 0.29) is 48.9 Å². The van der Waals surface area contributed by atoms with Gasteiger partial charge < -0.3 is 4.74 Å². The van der Waals surface area contributed by atoms with Crippen LogP contribution in [0.4, 0.5) is 5.69 Å². The number of benzene rings is 1. The van der Waals surface area contributed by atoms with Gasteiger partial charge in [-0.05, 0) is 18.4 Å². The summed E-state index contributed by atoms with van der Waals surface area (Å²) in [4.78, 5) is 47.9. The topological polar surface area (TPSA) is 107 Å². The van der Waals surface area contributed by atoms with E-state index in [4.69, 9.17) is 4.74 Å². The molecule has 8 nitrogen and oxygen atoms in total. The number of hydrogen-bond acceptors (Lipinski definition) is 6. The van der Waals surface area contributed by atoms with Crippen molar-refractivity contribution in [2.24, 2.45) is 11.8 Å². The van der Waals surface area contributed by atoms with Crippen molar-refractivity contribution in [1.29, 1.82) is 0 Å². The van der Waals surface area contributed by atoms with Gasteiger partial charge in [-0.15, -0.1) is 0 Å². The number of nitro groups is 1. The smallest absolute Gasteiger partial charge is 0.307 e. The van der Waals surface area contributed by atoms with Crippen LogP contribution in [0.2, 0.25) is 0 Å². The Morgan fingerprint density at radius 3 is 2.46 bits per heavy atom. The normalized spacial score (nSPS) is 21.6. The van der Waals surface area contributed by atoms with Gasteiger partial charge in [0.15, 0.2) is 0 Å². The SMILES string of the molecule is O=C(CCN1C(=O)[C@H]2CC=CC[C@@H]2C1=O)OCc1cccc([N+](=O)[O-])c1. The van der Waals surface area contributed by atoms with E-state index in [2.05, 4.69) is 0 Å². The number of nitro benzene ring substituents is 1. The van der Waals surface area contributed by atoms with Gasteiger partial charge in [0.05, 0.1) is 23.2 Å². The number of non-ortho nitro benzene ring substituents is 1. The van der Waals surface area contributed by atoms with E-state index in [9.17, 15) is 24.5 Å². The highest BCUT2D eigenvalue weighted by Crippen LogP contribution is 2.35. The third kappa shape index (κ3) is 3.63. The molecule has 2 amide bonds. The molecule has 1 aliphatic heterocycles. The number of nitrogens with zero attached hydrogens (tertiary/aromatic N) is 2. The van der Waals surface area contributed by atoms with Crippen molar-refractivity contribution in [3.63, 3.8) is 0 Å². The number of carbonyl (C=O) groups is 3. The maximum absolute atomic E-state index is 12.3. The highest BCUT2D eigenvalue weighted by atomic mass is 16.6. The van der Waals surface area contributed by atoms with Gasteiger partial charge in [0.1, 0.15) is 6.61 Å². The summed E-state index contributed by atoms with van der Waals surface area (Å²) in [5.74, 6) is -1.64. The van der Waals surface area contributed by atoms with Gasteiger partial charge in [-0.1, -0.05) is 24.3 Å². The van der Waals surface area contributed by atoms with E-state index in [1.54, 1.807) is 6.07 Å². The maximum Gasteiger partial charge on any atom is 0.307 e. The molecule has 0 N–H and O–H groups in total. The fraction of sp³-hybridized carbons (Fsp3) is 0.389. The number of hydrogen-bond donors (Lipinski definition) is 0. The second-order valence-corrected chi connectivity index (χ2v) is 6.32. The number of allylic oxidation sites excluding steroid dienone is 2. The molecule has 0 bridgehead atoms. The van der Waals surface area contributed by atoms with Crippen LogP contribution in [0, 0.1) is 22.0 Å². The standard InChI is InChI=1S/C18H18N2O6/c21-16(26-11-12-4-3-5-13(10-12)20(24)25)8-9-19-17(22)14-6-1-2-7-15(14)18(19)23/h1-5,10,14-15H,6-9,11H2/t14-,15-/m0/s1. The number of rotatable bonds is 6. The number of carbonyl (C=O) groups excluding carboxylic acids is 3. The molecule has 1 fully saturated rings. The van der Waals surface area contributed by atoms with Crippen LogP contribution in [0.3, 0.4) is 0 Å². The number of fused-ring (bicyclic) bond motifs is 1. The second kappa shape index (κ2) is 7.47. The average molecular weight is 358 g/mol. The Morgan fingerprint density at radius 2 is 1.85 bits per heavy atom. The van der Waals surface area contributed by atoms with E-state index in [0.29, 0.717) is 18.4 Å². The summed E-state index contributed by atoms with van der Waals surface area (Å²) in [6.07, 6.45) is 4.83. The monoisotopic (exact) mass is 358 g/mol. The molecule has 0 saturated carbocycles. The molecule has 8 heteroatoms. The number of imide groups is 1. The molecule has 0 radical (unpaired) electrons. The lowest BCUT2D eigenvalue weighted by molar-refractivity contribution is -0.384. The number of ether oxygens (including phenoxy) is 1. The van der Waals surface area contributed by atoms with E-state index in [1.807, 2.05) is 12.2 Å². The third-order valence-electron chi connectivity index (χ3n) is 4.66. The first-order valence-corrected chi connectivity index (χ1v) is 8.36. The number of amides is 2. The fourth-order valence-corrected chi connectivity index (χ4v) is 3.29. The minimum Gasteiger partial charge on any atom is -0.461 e. The summed E-state index contributed by atoms with van der Waals surface area (Å²) in [6.45, 7) is -0.101. The highest BCUT2D eigenvalue weighted by molar-refractivity contribution is 6.05. The van der Waals surface area contributed by atoms with Crippen LogP contribution in [-0.4, -0.2) is 34.2 Å². The van der Waals surface area contributed by atoms with Crippen LogP contribution >= 0.6 is 0 Å². The van der Waals surface area contributed by atoms with Crippen LogP contribution in [0.5, 0.6) is 0 Å². The quantitative estimate of drug-likeness (QED) is 0.253. The van der Waals surface area contributed by atoms with Crippen molar-refractivity contribution in [2.45, 2.75) is 25.9 Å². The van der Waals surface area contributed by atoms with Gasteiger partial charge in [0.25, 0.3) is 5.69 Å². The predicted molar refractivity (Wildman–Crippen MR) is 89.6 cm³/mol. The summed E-state index contributed by atoms with van der Waals surface area (Å²) in [6, 6.07) is 5.81. The Bertz CT molecular complexity index is 762. The molecular weight excluding hydrogens is 340 g/mol. The van der Waals surface area contributed by atoms with Crippen molar-refractivity contribution >= 4 is 23.5 Å². The number of esters is 1. The lowest BCUT2D eigenvalue weighted by atomic mass is 9.85. The molecule has 1 heterocycles. The van der Waals surface area contributed by atoms with Gasteiger partial charge in [0.2, 0.25) is 11.8 Å². The molecule has 0 spiro atoms. The largest absolute Gasteiger partial charge is 0.461 e. The molecule has 1 aromatic rings. The molecule has 1 aromatic carbocycles. The van der Waals surface area contributed by atoms with E-state index < -0.39 is 10.9 Å². The Kier molecular flexibility index (Phi) is 5.11. The van der Waals surface area contributed by atoms with E-state index in [0.717, 1.165) is 4.90 Å². The summed E-state index contributed by atoms with van der Waals surface area (Å²) in [5, 5.41) is 10.7. The van der Waals surface area contributed by atoms with Crippen LogP contribution < -0.4 is 0 Å². The van der Waals surface area contributed by atoms with Crippen LogP contribution in [-0.2, 0) is 25.7 Å². The molecule has 1 aliphatic carbocycles. The Hall–Kier alpha value is -3.03. The first-order valence-electron chi connectivity index (χ1n) is 8.36. The maximum atomic E-state index is 12.3. The van der Waals surface area contributed by atoms with Crippen molar-refractivity contribution in [2.75, 3.05) is 6.54 Å². The summed E-state index contributed by atoms with van der Waals surface area (Å²) in [5.41, 5.74) is 0.418. The van der Waals surface area contributed by atoms with Crippen LogP contribution in [0.1, 0.15) is 24.8 Å². The molecule has 0 unspecified atom stereocenters. The fourth-order valence-electron chi connectivity index (χ4n) is 3.29. The van der Waals surface area contributed by atoms with Crippen LogP contribution in [0.25, 0.3) is 0 Å². The predicted octanol–water partition coefficient (Wildman–Crippen LogP) is 1.98. The molecule has 2 atom stereocenters. The zero-order valence-corrected chi connectivity index (χ0v) is 14.0. The van der Waals surface area contributed by atoms with Gasteiger partial charge in [-0.25, -0.2) is 0 Å². The Labute approximate surface area is 149 Å². The van der Waals surface area contributed by atoms with E-state index in [1.165, 1.54) is 18.2 Å². The zero-order valence-electron chi connectivity index (χ0n) is 14.0. The molecule has 26 heavy (non-hydrogen) atoms. The Morgan fingerprint density at radius 1 is 1.19 bits per heavy atom. The lowest BCUT2D eigenvalue weighted by Crippen LogP contribution is -2.33. The first-order chi connectivity index (χ1) is 12.5. The highest BCUT2D eigenvalue weighted by Gasteiger charge is 2.46. The van der Waals surface area contributed by atoms with Gasteiger partial charge in [-0.2, -0.15) is 0 Å². The van der Waals surface area contributed by atoms with E-state index >= 15 is 0 Å². The molecule has 3 rings (SSSR count). The third-order valence-corrected chi connectivity index (χ3v) is 4.66. The van der Waals surface area contributed by atoms with Gasteiger partial charge in [0, 0.05) is 18.7 Å². The van der Waals surface area contributed by atoms with Gasteiger partial charge >= 0.3 is 5.97 Å². The minimum absolute atomic E-state index is 0.00155. The van der Waals surface area contributed by atoms with Crippen molar-refractivity contribution < 1.29 is 24.0 Å². The van der Waals surface area contributed by atoms with Crippen molar-refractivity contribution in [3.05, 3.63) is 52.1 Å². The van der Waals surface area contributed by atoms with Crippen molar-refractivity contribution in [1.82, 2.24) is 4.90 Å². The second-order valence-electron chi connectivity index (χ2n) is 6.32. The molecule has 136 valence electrons. The summed E-state index contributed by atoms with van der Waals surface area (Å²) >= 11 is 0. The molecule has 0 aromatic heterocycles. The molecular formula is C18H18N2O6. The minimum atomic E-state index is -0.565.